The van der Waals surface area contributed by atoms with Crippen molar-refractivity contribution in [2.75, 3.05) is 26.6 Å². The predicted octanol–water partition coefficient (Wildman–Crippen LogP) is 5.17. The van der Waals surface area contributed by atoms with Crippen LogP contribution in [0.15, 0.2) is 49.1 Å². The van der Waals surface area contributed by atoms with Gasteiger partial charge < -0.3 is 24.1 Å². The summed E-state index contributed by atoms with van der Waals surface area (Å²) in [6, 6.07) is 6.90. The number of hydrogen-bond acceptors (Lipinski definition) is 8. The van der Waals surface area contributed by atoms with Crippen molar-refractivity contribution in [1.82, 2.24) is 29.3 Å². The van der Waals surface area contributed by atoms with Crippen molar-refractivity contribution >= 4 is 22.7 Å². The molecule has 1 N–H and O–H groups in total. The van der Waals surface area contributed by atoms with Gasteiger partial charge in [-0.25, -0.2) is 28.4 Å². The third-order valence-corrected chi connectivity index (χ3v) is 5.88. The highest BCUT2D eigenvalue weighted by atomic mass is 19.1. The first-order valence-corrected chi connectivity index (χ1v) is 11.7. The highest BCUT2D eigenvalue weighted by Gasteiger charge is 2.19. The van der Waals surface area contributed by atoms with E-state index in [4.69, 9.17) is 14.2 Å². The van der Waals surface area contributed by atoms with Crippen LogP contribution >= 0.6 is 0 Å². The summed E-state index contributed by atoms with van der Waals surface area (Å²) in [5.74, 6) is 1.50. The fraction of sp³-hybridized carbons (Fsp3) is 0.231. The summed E-state index contributed by atoms with van der Waals surface area (Å²) in [4.78, 5) is 13.7. The van der Waals surface area contributed by atoms with Crippen LogP contribution in [0.2, 0.25) is 0 Å². The molecule has 0 bridgehead atoms. The molecular formula is C26H25F2N7O3. The Morgan fingerprint density at radius 2 is 1.68 bits per heavy atom. The quantitative estimate of drug-likeness (QED) is 0.298. The van der Waals surface area contributed by atoms with Crippen molar-refractivity contribution in [1.29, 1.82) is 0 Å². The molecule has 5 rings (SSSR count). The number of benzene rings is 2. The average Bonchev–Trinajstić information content (AvgIpc) is 3.55. The molecule has 12 heteroatoms. The molecule has 10 nitrogen and oxygen atoms in total. The van der Waals surface area contributed by atoms with Crippen LogP contribution in [0.4, 0.5) is 20.4 Å². The molecule has 0 aliphatic heterocycles. The fourth-order valence-corrected chi connectivity index (χ4v) is 3.97. The normalized spacial score (nSPS) is 11.3. The minimum Gasteiger partial charge on any atom is -0.493 e. The van der Waals surface area contributed by atoms with Crippen LogP contribution in [0.1, 0.15) is 25.6 Å². The molecule has 0 unspecified atom stereocenters. The van der Waals surface area contributed by atoms with E-state index < -0.39 is 11.6 Å². The molecule has 5 aromatic rings. The number of fused-ring (bicyclic) bond motifs is 1. The van der Waals surface area contributed by atoms with E-state index in [1.54, 1.807) is 50.6 Å². The number of hydrogen-bond donors (Lipinski definition) is 1. The summed E-state index contributed by atoms with van der Waals surface area (Å²) in [7, 11) is 4.64. The molecule has 0 amide bonds. The number of ether oxygens (including phenoxy) is 3. The van der Waals surface area contributed by atoms with Gasteiger partial charge in [0.05, 0.1) is 44.8 Å². The number of nitrogens with zero attached hydrogens (tertiary/aromatic N) is 6. The van der Waals surface area contributed by atoms with Gasteiger partial charge in [0, 0.05) is 24.1 Å². The zero-order chi connectivity index (χ0) is 27.0. The molecule has 0 aliphatic rings. The van der Waals surface area contributed by atoms with Crippen LogP contribution < -0.4 is 19.5 Å². The maximum atomic E-state index is 14.6. The van der Waals surface area contributed by atoms with Crippen molar-refractivity contribution in [2.24, 2.45) is 0 Å². The molecule has 0 spiro atoms. The standard InChI is InChI=1S/C26H25F2N7O3/c1-14(2)24-32-25(17-11-30-35(26(17)33-24)19-7-6-15(27)8-18(19)28)31-22-12-34(13-29-22)16-9-20(36-3)23(38-5)21(10-16)37-4/h6-14H,1-5H3,(H,31,32,33). The van der Waals surface area contributed by atoms with Crippen LogP contribution in [-0.4, -0.2) is 50.6 Å². The van der Waals surface area contributed by atoms with Gasteiger partial charge in [0.2, 0.25) is 5.75 Å². The number of aromatic nitrogens is 6. The van der Waals surface area contributed by atoms with Crippen LogP contribution in [0, 0.1) is 11.6 Å². The van der Waals surface area contributed by atoms with Gasteiger partial charge in [-0.05, 0) is 12.1 Å². The Morgan fingerprint density at radius 3 is 2.32 bits per heavy atom. The second kappa shape index (κ2) is 9.96. The van der Waals surface area contributed by atoms with E-state index in [2.05, 4.69) is 25.4 Å². The topological polar surface area (TPSA) is 101 Å². The summed E-state index contributed by atoms with van der Waals surface area (Å²) >= 11 is 0. The number of imidazole rings is 1. The van der Waals surface area contributed by atoms with Gasteiger partial charge in [-0.2, -0.15) is 5.10 Å². The van der Waals surface area contributed by atoms with E-state index in [-0.39, 0.29) is 11.6 Å². The van der Waals surface area contributed by atoms with Crippen LogP contribution in [-0.2, 0) is 0 Å². The number of halogens is 2. The lowest BCUT2D eigenvalue weighted by molar-refractivity contribution is 0.324. The molecule has 196 valence electrons. The van der Waals surface area contributed by atoms with Crippen LogP contribution in [0.3, 0.4) is 0 Å². The number of methoxy groups -OCH3 is 3. The highest BCUT2D eigenvalue weighted by Crippen LogP contribution is 2.39. The van der Waals surface area contributed by atoms with E-state index in [9.17, 15) is 8.78 Å². The Hall–Kier alpha value is -4.74. The first-order valence-electron chi connectivity index (χ1n) is 11.7. The van der Waals surface area contributed by atoms with Gasteiger partial charge in [-0.3, -0.25) is 0 Å². The lowest BCUT2D eigenvalue weighted by Gasteiger charge is -2.14. The SMILES string of the molecule is COc1cc(-n2cnc(Nc3nc(C(C)C)nc4c3cnn4-c3ccc(F)cc3F)c2)cc(OC)c1OC. The Kier molecular flexibility index (Phi) is 6.53. The van der Waals surface area contributed by atoms with E-state index in [0.717, 1.165) is 11.8 Å². The highest BCUT2D eigenvalue weighted by molar-refractivity contribution is 5.89. The zero-order valence-electron chi connectivity index (χ0n) is 21.4. The second-order valence-corrected chi connectivity index (χ2v) is 8.65. The molecule has 0 saturated heterocycles. The minimum atomic E-state index is -0.752. The van der Waals surface area contributed by atoms with Crippen molar-refractivity contribution < 1.29 is 23.0 Å². The van der Waals surface area contributed by atoms with Crippen molar-refractivity contribution in [3.63, 3.8) is 0 Å². The average molecular weight is 522 g/mol. The molecule has 0 radical (unpaired) electrons. The molecular weight excluding hydrogens is 496 g/mol. The molecule has 0 saturated carbocycles. The van der Waals surface area contributed by atoms with Crippen molar-refractivity contribution in [2.45, 2.75) is 19.8 Å². The Balaban J connectivity index is 1.55. The maximum absolute atomic E-state index is 14.6. The lowest BCUT2D eigenvalue weighted by atomic mass is 10.2. The predicted molar refractivity (Wildman–Crippen MR) is 137 cm³/mol. The third-order valence-electron chi connectivity index (χ3n) is 5.88. The summed E-state index contributed by atoms with van der Waals surface area (Å²) in [6.45, 7) is 3.90. The number of nitrogens with one attached hydrogen (secondary N) is 1. The smallest absolute Gasteiger partial charge is 0.203 e. The molecule has 38 heavy (non-hydrogen) atoms. The van der Waals surface area contributed by atoms with Crippen molar-refractivity contribution in [3.8, 4) is 28.6 Å². The molecule has 0 aliphatic carbocycles. The van der Waals surface area contributed by atoms with Gasteiger partial charge in [0.1, 0.15) is 35.3 Å². The Labute approximate surface area is 216 Å². The number of rotatable bonds is 8. The van der Waals surface area contributed by atoms with Gasteiger partial charge in [0.25, 0.3) is 0 Å². The number of anilines is 2. The summed E-state index contributed by atoms with van der Waals surface area (Å²) in [5, 5.41) is 8.08. The Morgan fingerprint density at radius 1 is 0.947 bits per heavy atom. The van der Waals surface area contributed by atoms with Crippen LogP contribution in [0.25, 0.3) is 22.4 Å². The molecule has 0 fully saturated rings. The van der Waals surface area contributed by atoms with Gasteiger partial charge in [-0.15, -0.1) is 0 Å². The van der Waals surface area contributed by atoms with Gasteiger partial charge in [-0.1, -0.05) is 13.8 Å². The lowest BCUT2D eigenvalue weighted by Crippen LogP contribution is -2.06. The second-order valence-electron chi connectivity index (χ2n) is 8.65. The largest absolute Gasteiger partial charge is 0.493 e. The van der Waals surface area contributed by atoms with Gasteiger partial charge >= 0.3 is 0 Å². The molecule has 3 heterocycles. The first kappa shape index (κ1) is 24.9. The fourth-order valence-electron chi connectivity index (χ4n) is 3.97. The van der Waals surface area contributed by atoms with E-state index in [0.29, 0.717) is 45.7 Å². The summed E-state index contributed by atoms with van der Waals surface area (Å²) in [5.41, 5.74) is 1.18. The maximum Gasteiger partial charge on any atom is 0.203 e. The molecule has 0 atom stereocenters. The van der Waals surface area contributed by atoms with Crippen molar-refractivity contribution in [3.05, 3.63) is 66.5 Å². The zero-order valence-corrected chi connectivity index (χ0v) is 21.4. The minimum absolute atomic E-state index is 0.0295. The van der Waals surface area contributed by atoms with Crippen LogP contribution in [0.5, 0.6) is 17.2 Å². The van der Waals surface area contributed by atoms with E-state index >= 15 is 0 Å². The van der Waals surface area contributed by atoms with E-state index in [1.807, 2.05) is 13.8 Å². The van der Waals surface area contributed by atoms with E-state index in [1.165, 1.54) is 23.0 Å². The molecule has 2 aromatic carbocycles. The summed E-state index contributed by atoms with van der Waals surface area (Å²) in [6.07, 6.45) is 4.93. The summed E-state index contributed by atoms with van der Waals surface area (Å²) < 4.78 is 47.5. The molecule has 3 aromatic heterocycles. The Bertz CT molecular complexity index is 1610. The first-order chi connectivity index (χ1) is 18.3. The van der Waals surface area contributed by atoms with Gasteiger partial charge in [0.15, 0.2) is 23.0 Å². The monoisotopic (exact) mass is 521 g/mol. The third kappa shape index (κ3) is 4.44.